The Bertz CT molecular complexity index is 1270. The van der Waals surface area contributed by atoms with E-state index in [4.69, 9.17) is 38.0 Å². The number of anilines is 1. The van der Waals surface area contributed by atoms with Gasteiger partial charge in [0.25, 0.3) is 0 Å². The summed E-state index contributed by atoms with van der Waals surface area (Å²) in [5.41, 5.74) is 2.52. The fourth-order valence-corrected chi connectivity index (χ4v) is 5.58. The van der Waals surface area contributed by atoms with E-state index in [9.17, 15) is 4.79 Å². The fourth-order valence-electron chi connectivity index (χ4n) is 5.06. The van der Waals surface area contributed by atoms with E-state index in [1.165, 1.54) is 0 Å². The van der Waals surface area contributed by atoms with Crippen LogP contribution in [0.25, 0.3) is 11.3 Å². The van der Waals surface area contributed by atoms with Crippen molar-refractivity contribution in [2.75, 3.05) is 51.2 Å². The number of rotatable bonds is 8. The zero-order valence-electron chi connectivity index (χ0n) is 21.9. The number of carboxylic acids is 1. The molecule has 11 heteroatoms. The lowest BCUT2D eigenvalue weighted by molar-refractivity contribution is -0.138. The van der Waals surface area contributed by atoms with Crippen molar-refractivity contribution in [3.8, 4) is 22.9 Å². The van der Waals surface area contributed by atoms with Crippen molar-refractivity contribution in [3.63, 3.8) is 0 Å². The summed E-state index contributed by atoms with van der Waals surface area (Å²) in [5.74, 6) is 1.12. The van der Waals surface area contributed by atoms with Crippen LogP contribution in [0.15, 0.2) is 42.7 Å². The maximum atomic E-state index is 11.1. The average molecular weight is 572 g/mol. The largest absolute Gasteiger partial charge is 0.481 e. The van der Waals surface area contributed by atoms with E-state index in [0.29, 0.717) is 39.9 Å². The number of piperazine rings is 1. The van der Waals surface area contributed by atoms with E-state index in [1.54, 1.807) is 18.5 Å². The number of carboxylic acid groups (broad SMARTS) is 1. The summed E-state index contributed by atoms with van der Waals surface area (Å²) in [5, 5.41) is 10.2. The number of hydrogen-bond donors (Lipinski definition) is 1. The van der Waals surface area contributed by atoms with E-state index < -0.39 is 5.97 Å². The summed E-state index contributed by atoms with van der Waals surface area (Å²) in [6.45, 7) is 6.11. The number of aromatic nitrogens is 3. The summed E-state index contributed by atoms with van der Waals surface area (Å²) in [7, 11) is 2.11. The molecular weight excluding hydrogens is 539 g/mol. The van der Waals surface area contributed by atoms with Crippen LogP contribution in [0.3, 0.4) is 0 Å². The first-order valence-corrected chi connectivity index (χ1v) is 13.9. The highest BCUT2D eigenvalue weighted by Crippen LogP contribution is 2.31. The van der Waals surface area contributed by atoms with Gasteiger partial charge in [0, 0.05) is 60.8 Å². The lowest BCUT2D eigenvalue weighted by atomic mass is 9.93. The Morgan fingerprint density at radius 2 is 1.64 bits per heavy atom. The molecule has 9 nitrogen and oxygen atoms in total. The van der Waals surface area contributed by atoms with Crippen LogP contribution in [0.5, 0.6) is 11.6 Å². The fraction of sp³-hybridized carbons (Fsp3) is 0.429. The third-order valence-corrected chi connectivity index (χ3v) is 7.66. The van der Waals surface area contributed by atoms with Gasteiger partial charge in [-0.25, -0.2) is 15.0 Å². The predicted octanol–water partition coefficient (Wildman–Crippen LogP) is 5.08. The summed E-state index contributed by atoms with van der Waals surface area (Å²) >= 11 is 12.6. The molecular formula is C28H32Cl2N6O3. The van der Waals surface area contributed by atoms with Crippen LogP contribution in [0, 0.1) is 5.92 Å². The highest BCUT2D eigenvalue weighted by atomic mass is 35.5. The molecule has 0 spiro atoms. The van der Waals surface area contributed by atoms with E-state index in [1.807, 2.05) is 24.3 Å². The SMILES string of the molecule is CN1CCN(c2ncc(Oc3cc(CN4CCC(CC(=O)O)CC4)cc(-c4cc(Cl)cc(Cl)c4)n3)cn2)CC1. The number of halogens is 2. The second-order valence-corrected chi connectivity index (χ2v) is 11.2. The Labute approximate surface area is 238 Å². The van der Waals surface area contributed by atoms with Gasteiger partial charge in [0.05, 0.1) is 18.1 Å². The van der Waals surface area contributed by atoms with Crippen molar-refractivity contribution in [1.29, 1.82) is 0 Å². The van der Waals surface area contributed by atoms with Gasteiger partial charge < -0.3 is 19.6 Å². The smallest absolute Gasteiger partial charge is 0.303 e. The van der Waals surface area contributed by atoms with Crippen molar-refractivity contribution < 1.29 is 14.6 Å². The van der Waals surface area contributed by atoms with Crippen molar-refractivity contribution in [2.24, 2.45) is 5.92 Å². The summed E-state index contributed by atoms with van der Waals surface area (Å²) < 4.78 is 6.14. The van der Waals surface area contributed by atoms with Gasteiger partial charge >= 0.3 is 5.97 Å². The normalized spacial score (nSPS) is 17.4. The Balaban J connectivity index is 1.35. The minimum Gasteiger partial charge on any atom is -0.481 e. The number of hydrogen-bond acceptors (Lipinski definition) is 8. The molecule has 2 fully saturated rings. The molecule has 39 heavy (non-hydrogen) atoms. The first-order valence-electron chi connectivity index (χ1n) is 13.2. The van der Waals surface area contributed by atoms with Crippen LogP contribution in [0.1, 0.15) is 24.8 Å². The Kier molecular flexibility index (Phi) is 8.82. The Morgan fingerprint density at radius 1 is 0.974 bits per heavy atom. The minimum absolute atomic E-state index is 0.230. The van der Waals surface area contributed by atoms with E-state index in [0.717, 1.165) is 63.2 Å². The molecule has 1 aromatic carbocycles. The summed E-state index contributed by atoms with van der Waals surface area (Å²) in [4.78, 5) is 31.7. The summed E-state index contributed by atoms with van der Waals surface area (Å²) in [6, 6.07) is 9.29. The molecule has 0 atom stereocenters. The second kappa shape index (κ2) is 12.5. The second-order valence-electron chi connectivity index (χ2n) is 10.3. The quantitative estimate of drug-likeness (QED) is 0.398. The predicted molar refractivity (Wildman–Crippen MR) is 152 cm³/mol. The Morgan fingerprint density at radius 3 is 2.28 bits per heavy atom. The first kappa shape index (κ1) is 27.6. The van der Waals surface area contributed by atoms with Crippen LogP contribution in [-0.2, 0) is 11.3 Å². The minimum atomic E-state index is -0.727. The van der Waals surface area contributed by atoms with Crippen LogP contribution in [0.2, 0.25) is 10.0 Å². The average Bonchev–Trinajstić information content (AvgIpc) is 2.90. The molecule has 206 valence electrons. The van der Waals surface area contributed by atoms with E-state index in [2.05, 4.69) is 31.7 Å². The molecule has 1 N–H and O–H groups in total. The molecule has 5 rings (SSSR count). The van der Waals surface area contributed by atoms with Gasteiger partial charge in [-0.2, -0.15) is 0 Å². The third-order valence-electron chi connectivity index (χ3n) is 7.22. The molecule has 0 radical (unpaired) electrons. The van der Waals surface area contributed by atoms with Crippen molar-refractivity contribution in [1.82, 2.24) is 24.8 Å². The number of aliphatic carboxylic acids is 1. The van der Waals surface area contributed by atoms with Gasteiger partial charge in [-0.05, 0) is 68.7 Å². The maximum Gasteiger partial charge on any atom is 0.303 e. The van der Waals surface area contributed by atoms with Crippen molar-refractivity contribution in [3.05, 3.63) is 58.3 Å². The molecule has 0 bridgehead atoms. The van der Waals surface area contributed by atoms with Crippen molar-refractivity contribution in [2.45, 2.75) is 25.8 Å². The molecule has 0 unspecified atom stereocenters. The van der Waals surface area contributed by atoms with Crippen LogP contribution < -0.4 is 9.64 Å². The van der Waals surface area contributed by atoms with Gasteiger partial charge in [-0.15, -0.1) is 0 Å². The van der Waals surface area contributed by atoms with Gasteiger partial charge in [0.1, 0.15) is 0 Å². The number of piperidine rings is 1. The van der Waals surface area contributed by atoms with Crippen LogP contribution >= 0.6 is 23.2 Å². The monoisotopic (exact) mass is 570 g/mol. The van der Waals surface area contributed by atoms with Crippen molar-refractivity contribution >= 4 is 35.1 Å². The van der Waals surface area contributed by atoms with E-state index in [-0.39, 0.29) is 12.3 Å². The number of carbonyl (C=O) groups is 1. The highest BCUT2D eigenvalue weighted by molar-refractivity contribution is 6.35. The zero-order valence-corrected chi connectivity index (χ0v) is 23.4. The van der Waals surface area contributed by atoms with Crippen LogP contribution in [0.4, 0.5) is 5.95 Å². The lowest BCUT2D eigenvalue weighted by Gasteiger charge is -2.32. The standard InChI is InChI=1S/C28H32Cl2N6O3/c1-34-6-8-36(9-7-34)28-31-16-24(17-32-28)39-26-11-20(18-35-4-2-19(3-5-35)12-27(37)38)10-25(33-26)21-13-22(29)15-23(30)14-21/h10-11,13-17,19H,2-9,12,18H2,1H3,(H,37,38). The number of likely N-dealkylation sites (N-methyl/N-ethyl adjacent to an activating group) is 1. The van der Waals surface area contributed by atoms with Gasteiger partial charge in [-0.3, -0.25) is 9.69 Å². The molecule has 0 aliphatic carbocycles. The number of benzene rings is 1. The van der Waals surface area contributed by atoms with Gasteiger partial charge in [0.15, 0.2) is 5.75 Å². The lowest BCUT2D eigenvalue weighted by Crippen LogP contribution is -2.45. The van der Waals surface area contributed by atoms with E-state index >= 15 is 0 Å². The number of ether oxygens (including phenoxy) is 1. The molecule has 4 heterocycles. The van der Waals surface area contributed by atoms with Crippen LogP contribution in [-0.4, -0.2) is 82.1 Å². The Hall–Kier alpha value is -2.98. The zero-order chi connectivity index (χ0) is 27.4. The first-order chi connectivity index (χ1) is 18.8. The number of nitrogens with zero attached hydrogens (tertiary/aromatic N) is 6. The molecule has 0 amide bonds. The molecule has 2 saturated heterocycles. The molecule has 3 aromatic rings. The molecule has 2 aliphatic rings. The molecule has 0 saturated carbocycles. The summed E-state index contributed by atoms with van der Waals surface area (Å²) in [6.07, 6.45) is 5.33. The maximum absolute atomic E-state index is 11.1. The van der Waals surface area contributed by atoms with Gasteiger partial charge in [-0.1, -0.05) is 23.2 Å². The topological polar surface area (TPSA) is 94.9 Å². The highest BCUT2D eigenvalue weighted by Gasteiger charge is 2.22. The molecule has 2 aliphatic heterocycles. The molecule has 2 aromatic heterocycles. The number of likely N-dealkylation sites (tertiary alicyclic amines) is 1. The van der Waals surface area contributed by atoms with Gasteiger partial charge in [0.2, 0.25) is 11.8 Å². The number of pyridine rings is 1. The third kappa shape index (κ3) is 7.57.